The van der Waals surface area contributed by atoms with Crippen LogP contribution in [0, 0.1) is 0 Å². The van der Waals surface area contributed by atoms with Crippen molar-refractivity contribution in [2.24, 2.45) is 0 Å². The van der Waals surface area contributed by atoms with Gasteiger partial charge in [0.2, 0.25) is 147 Å². The maximum atomic E-state index is 13.0. The van der Waals surface area contributed by atoms with Crippen LogP contribution in [-0.4, -0.2) is 489 Å². The van der Waals surface area contributed by atoms with Gasteiger partial charge in [-0.1, -0.05) is 0 Å². The quantitative estimate of drug-likeness (QED) is 0.0251. The predicted octanol–water partition coefficient (Wildman–Crippen LogP) is -26.5. The van der Waals surface area contributed by atoms with E-state index < -0.39 is 365 Å². The molecule has 0 spiro atoms. The van der Waals surface area contributed by atoms with Gasteiger partial charge in [-0.15, -0.1) is 0 Å². The topological polar surface area (TPSA) is 664 Å². The molecule has 0 fully saturated rings. The molecule has 3 atom stereocenters. The van der Waals surface area contributed by atoms with Crippen molar-refractivity contribution in [3.63, 3.8) is 0 Å². The molecule has 41 nitrogen and oxygen atoms in total. The second-order valence-electron chi connectivity index (χ2n) is 19.1. The lowest BCUT2D eigenvalue weighted by Gasteiger charge is -2.70. The first kappa shape index (κ1) is 99.5. The zero-order valence-electron chi connectivity index (χ0n) is 47.8. The Kier molecular flexibility index (Phi) is 47.1. The summed E-state index contributed by atoms with van der Waals surface area (Å²) in [4.78, 5) is 318. The Morgan fingerprint density at radius 2 is 0.533 bits per heavy atom. The van der Waals surface area contributed by atoms with E-state index in [1.54, 1.807) is 0 Å². The molecule has 83 heteroatoms. The van der Waals surface area contributed by atoms with Gasteiger partial charge in [-0.05, 0) is 58.9 Å². The average Bonchev–Trinajstić information content (AvgIpc) is 0.641. The van der Waals surface area contributed by atoms with E-state index >= 15 is 0 Å². The highest BCUT2D eigenvalue weighted by Gasteiger charge is 3.01. The van der Waals surface area contributed by atoms with Crippen LogP contribution in [-0.2, 0) is 61.7 Å². The van der Waals surface area contributed by atoms with E-state index in [2.05, 4.69) is 0 Å². The predicted molar refractivity (Wildman–Crippen MR) is 370 cm³/mol. The summed E-state index contributed by atoms with van der Waals surface area (Å²) in [5.41, 5.74) is 0. The van der Waals surface area contributed by atoms with Crippen molar-refractivity contribution >= 4 is 365 Å². The summed E-state index contributed by atoms with van der Waals surface area (Å²) in [6, 6.07) is 0. The van der Waals surface area contributed by atoms with Crippen molar-refractivity contribution in [2.45, 2.75) is 58.9 Å². The third kappa shape index (κ3) is 20.3. The maximum absolute atomic E-state index is 13.0. The molecule has 0 saturated heterocycles. The van der Waals surface area contributed by atoms with Crippen LogP contribution in [0.4, 0.5) is 0 Å². The first-order valence-corrected chi connectivity index (χ1v) is 108. The zero-order valence-corrected chi connectivity index (χ0v) is 90.0. The first-order valence-electron chi connectivity index (χ1n) is 23.1. The third-order valence-corrected chi connectivity index (χ3v) is 318. The Morgan fingerprint density at radius 1 is 0.250 bits per heavy atom. The van der Waals surface area contributed by atoms with Crippen LogP contribution in [0.2, 0.25) is 58.9 Å². The van der Waals surface area contributed by atoms with Gasteiger partial charge < -0.3 is 186 Å². The summed E-state index contributed by atoms with van der Waals surface area (Å²) in [6.07, 6.45) is 0. The highest BCUT2D eigenvalue weighted by atomic mass is 30.5. The molecule has 92 heavy (non-hydrogen) atoms. The fraction of sp³-hybridized carbons (Fsp3) is 1.00. The van der Waals surface area contributed by atoms with Crippen LogP contribution in [0.1, 0.15) is 0 Å². The number of rotatable bonds is 56. The molecule has 0 aromatic heterocycles. The Bertz CT molecular complexity index is 1960. The van der Waals surface area contributed by atoms with Gasteiger partial charge in [-0.25, -0.2) is 0 Å². The lowest BCUT2D eigenvalue weighted by Crippen LogP contribution is -3.14. The monoisotopic (exact) mass is 1990 g/mol. The first-order chi connectivity index (χ1) is 42.9. The normalized spacial score (nSPS) is 16.3. The lowest BCUT2D eigenvalue weighted by atomic mass is 11.8. The second-order valence-corrected chi connectivity index (χ2v) is 196. The van der Waals surface area contributed by atoms with E-state index in [9.17, 15) is 125 Å². The van der Waals surface area contributed by atoms with Gasteiger partial charge >= 0.3 is 118 Å². The molecule has 0 aliphatic rings. The van der Waals surface area contributed by atoms with Crippen molar-refractivity contribution in [2.75, 3.05) is 0 Å². The molecular formula is C9H54O41Si42. The summed E-state index contributed by atoms with van der Waals surface area (Å²) in [5, 5.41) is 0. The lowest BCUT2D eigenvalue weighted by molar-refractivity contribution is 0.302. The Labute approximate surface area is 603 Å². The fourth-order valence-corrected chi connectivity index (χ4v) is 523. The molecule has 3 unspecified atom stereocenters. The molecular weight excluding hydrogens is 1940 g/mol. The van der Waals surface area contributed by atoms with Crippen molar-refractivity contribution in [1.82, 2.24) is 0 Å². The molecule has 0 aliphatic carbocycles. The van der Waals surface area contributed by atoms with Crippen LogP contribution >= 0.6 is 0 Å². The van der Waals surface area contributed by atoms with Gasteiger partial charge in [0.15, 0.2) is 16.6 Å². The largest absolute Gasteiger partial charge is 0.439 e. The molecule has 504 valence electrons. The summed E-state index contributed by atoms with van der Waals surface area (Å²) < 4.78 is 102. The zero-order chi connectivity index (χ0) is 71.9. The average molecular weight is 2000 g/mol. The van der Waals surface area contributed by atoms with Crippen molar-refractivity contribution in [3.8, 4) is 0 Å². The van der Waals surface area contributed by atoms with Crippen molar-refractivity contribution < 1.29 is 186 Å². The second kappa shape index (κ2) is 43.6. The van der Waals surface area contributed by atoms with E-state index in [-0.39, 0.29) is 0 Å². The summed E-state index contributed by atoms with van der Waals surface area (Å²) in [7, 11) is -105. The molecule has 50 radical (unpaired) electrons. The van der Waals surface area contributed by atoms with Gasteiger partial charge in [0.25, 0.3) is 83.2 Å². The van der Waals surface area contributed by atoms with Crippen LogP contribution in [0.15, 0.2) is 0 Å². The van der Waals surface area contributed by atoms with Gasteiger partial charge in [-0.2, -0.15) is 0 Å². The van der Waals surface area contributed by atoms with Gasteiger partial charge in [0, 0.05) is 0 Å². The SMILES string of the molecule is C[SiH](O[Si](C)(C)C)O[Si](O[Si](O[Si](O[Si](C)(C)C)([Si]O)[Si]O)([Si](O[Si]O)([Si]O)[Si]O)[Si](O[Si]O)([Si]O)[Si]O)([Si](O[Si](O[Si]O)([Si]O)[Si]O)([Si](O[Si]O)([Si]O)[Si]O)[Si](O[Si]O)([Si]O)[Si]O)[Si](O[Si](O[Si]O)([Si]O)[Si](C)(C)O)([Si](O[Si]O)([Si]O)[Si]O)[Si](O[Si]O)([Si]O)[Si]O. The smallest absolute Gasteiger partial charge is 0.420 e. The molecule has 0 saturated carbocycles. The van der Waals surface area contributed by atoms with Crippen LogP contribution in [0.3, 0.4) is 0 Å². The standard InChI is InChI=1S/C9H54O41Si42/c1-76(44-77(2,3)4)45-83(91(87(68-27,69-28)40-55-14,88(70-29,71-30)41-56-15)48-80(59-18,60-19)36-51-10,92(89(72-31,73-32)42-57-16,90(74-33,75-34)43-58-17)49-82(63-22,37-52-11)79(8,9)35)50-84(85(64-23,65-24)38-53-12,86(66-25,67-26)39-54-13)47-81(61-20,62-21)46-78(5,6)7/h10-35,76H,1-9H3. The molecule has 0 rings (SSSR count). The molecule has 0 heterocycles. The summed E-state index contributed by atoms with van der Waals surface area (Å²) >= 11 is 0. The minimum Gasteiger partial charge on any atom is -0.439 e. The van der Waals surface area contributed by atoms with Crippen molar-refractivity contribution in [1.29, 1.82) is 0 Å². The minimum absolute atomic E-state index is 0.966. The van der Waals surface area contributed by atoms with E-state index in [1.165, 1.54) is 39.3 Å². The third-order valence-electron chi connectivity index (χ3n) is 11.3. The van der Waals surface area contributed by atoms with Crippen LogP contribution < -0.4 is 0 Å². The minimum atomic E-state index is -8.13. The molecule has 0 amide bonds. The van der Waals surface area contributed by atoms with E-state index in [4.69, 9.17) is 61.7 Å². The van der Waals surface area contributed by atoms with Crippen molar-refractivity contribution in [3.05, 3.63) is 0 Å². The summed E-state index contributed by atoms with van der Waals surface area (Å²) in [6.45, 7) is -42.0. The highest BCUT2D eigenvalue weighted by molar-refractivity contribution is 8.24. The van der Waals surface area contributed by atoms with Crippen LogP contribution in [0.5, 0.6) is 0 Å². The van der Waals surface area contributed by atoms with Gasteiger partial charge in [0.05, 0.1) is 0 Å². The molecule has 0 bridgehead atoms. The van der Waals surface area contributed by atoms with E-state index in [1.807, 2.05) is 0 Å². The van der Waals surface area contributed by atoms with E-state index in [0.717, 1.165) is 19.6 Å². The Balaban J connectivity index is 14.5. The molecule has 26 N–H and O–H groups in total. The fourth-order valence-electron chi connectivity index (χ4n) is 8.04. The van der Waals surface area contributed by atoms with E-state index in [0.29, 0.717) is 0 Å². The Morgan fingerprint density at radius 3 is 0.761 bits per heavy atom. The molecule has 0 aromatic carbocycles. The Hall–Kier alpha value is 7.47. The van der Waals surface area contributed by atoms with Gasteiger partial charge in [-0.3, -0.25) is 0 Å². The molecule has 0 aliphatic heterocycles. The summed E-state index contributed by atoms with van der Waals surface area (Å²) in [5.74, 6) is 0. The number of hydrogen-bond donors (Lipinski definition) is 26. The van der Waals surface area contributed by atoms with Gasteiger partial charge in [0.1, 0.15) is 0 Å². The number of hydrogen-bond acceptors (Lipinski definition) is 41. The van der Waals surface area contributed by atoms with Crippen LogP contribution in [0.25, 0.3) is 0 Å². The maximum Gasteiger partial charge on any atom is 0.420 e. The highest BCUT2D eigenvalue weighted by Crippen LogP contribution is 2.54. The molecule has 0 aromatic rings.